The summed E-state index contributed by atoms with van der Waals surface area (Å²) >= 11 is 0. The molecule has 0 unspecified atom stereocenters. The van der Waals surface area contributed by atoms with Gasteiger partial charge in [0.05, 0.1) is 84.0 Å². The minimum atomic E-state index is -4.66. The number of aromatic nitrogens is 6. The molecule has 0 saturated heterocycles. The van der Waals surface area contributed by atoms with Gasteiger partial charge in [-0.2, -0.15) is 39.5 Å². The van der Waals surface area contributed by atoms with Crippen molar-refractivity contribution in [1.29, 1.82) is 0 Å². The first-order chi connectivity index (χ1) is 34.0. The van der Waals surface area contributed by atoms with Crippen LogP contribution in [0.5, 0.6) is 0 Å². The van der Waals surface area contributed by atoms with Crippen molar-refractivity contribution in [3.63, 3.8) is 0 Å². The molecule has 7 aromatic carbocycles. The van der Waals surface area contributed by atoms with Gasteiger partial charge in [0.2, 0.25) is 0 Å². The van der Waals surface area contributed by atoms with E-state index in [1.165, 1.54) is 18.2 Å². The van der Waals surface area contributed by atoms with E-state index >= 15 is 0 Å². The molecule has 15 heteroatoms. The van der Waals surface area contributed by atoms with Crippen molar-refractivity contribution in [2.24, 2.45) is 0 Å². The molecule has 0 aliphatic carbocycles. The fraction of sp³-hybridized carbons (Fsp3) is 0.107. The molecule has 0 radical (unpaired) electrons. The molecule has 3 heterocycles. The van der Waals surface area contributed by atoms with Crippen molar-refractivity contribution in [3.05, 3.63) is 193 Å². The fourth-order valence-electron chi connectivity index (χ4n) is 7.73. The normalized spacial score (nSPS) is 11.7. The zero-order valence-corrected chi connectivity index (χ0v) is 38.0. The topological polar surface area (TPSA) is 77.3 Å². The molecule has 10 aromatic rings. The van der Waals surface area contributed by atoms with Crippen molar-refractivity contribution in [1.82, 2.24) is 29.9 Å². The Hall–Kier alpha value is -8.33. The molecule has 6 nitrogen and oxygen atoms in total. The van der Waals surface area contributed by atoms with Gasteiger partial charge in [-0.3, -0.25) is 0 Å². The smallest absolute Gasteiger partial charge is 0.244 e. The van der Waals surface area contributed by atoms with E-state index in [-0.39, 0.29) is 67.3 Å². The Morgan fingerprint density at radius 2 is 0.521 bits per heavy atom. The summed E-state index contributed by atoms with van der Waals surface area (Å²) in [4.78, 5) is 29.1. The Morgan fingerprint density at radius 1 is 0.310 bits per heavy atom. The molecule has 356 valence electrons. The second-order valence-corrected chi connectivity index (χ2v) is 15.7. The highest BCUT2D eigenvalue weighted by Crippen LogP contribution is 2.43. The van der Waals surface area contributed by atoms with Gasteiger partial charge in [-0.15, -0.1) is 6.58 Å². The summed E-state index contributed by atoms with van der Waals surface area (Å²) in [6.07, 6.45) is -12.2. The third-order valence-electron chi connectivity index (χ3n) is 10.9. The maximum Gasteiger partial charge on any atom is 0.416 e. The standard InChI is InChI=1S/C51H27F9N6.C3H6.C2H6/c52-49(53,54)34-16-19-37-40(25-34)64-43(28-10-4-1-5-11-28)46(61-37)31-22-32(47-44(29-12-6-2-7-13-29)65-41-26-35(50(55,56)57)17-20-38(41)62-47)24-33(23-31)48-45(30-14-8-3-9-15-30)66-42-27-36(51(58,59)60)18-21-39(42)63-48;1-3-2;1-2/h1-27H;3H,1H2,2H3;1-2H3. The average Bonchev–Trinajstić information content (AvgIpc) is 3.37. The Bertz CT molecular complexity index is 3160. The van der Waals surface area contributed by atoms with Gasteiger partial charge in [0.25, 0.3) is 0 Å². The quantitative estimate of drug-likeness (QED) is 0.122. The lowest BCUT2D eigenvalue weighted by molar-refractivity contribution is -0.138. The zero-order chi connectivity index (χ0) is 50.7. The second kappa shape index (κ2) is 19.9. The first kappa shape index (κ1) is 49.1. The van der Waals surface area contributed by atoms with Crippen molar-refractivity contribution in [2.45, 2.75) is 39.3 Å². The number of alkyl halides is 9. The Labute approximate surface area is 401 Å². The summed E-state index contributed by atoms with van der Waals surface area (Å²) in [7, 11) is 0. The third kappa shape index (κ3) is 10.5. The van der Waals surface area contributed by atoms with Gasteiger partial charge >= 0.3 is 18.5 Å². The minimum Gasteiger partial charge on any atom is -0.244 e. The van der Waals surface area contributed by atoms with E-state index in [0.29, 0.717) is 33.4 Å². The maximum atomic E-state index is 14.0. The largest absolute Gasteiger partial charge is 0.416 e. The highest BCUT2D eigenvalue weighted by Gasteiger charge is 2.33. The van der Waals surface area contributed by atoms with E-state index in [1.807, 2.05) is 20.8 Å². The first-order valence-electron chi connectivity index (χ1n) is 22.0. The van der Waals surface area contributed by atoms with E-state index in [1.54, 1.807) is 115 Å². The van der Waals surface area contributed by atoms with Gasteiger partial charge in [-0.1, -0.05) is 111 Å². The zero-order valence-electron chi connectivity index (χ0n) is 38.0. The van der Waals surface area contributed by atoms with Crippen LogP contribution >= 0.6 is 0 Å². The molecule has 10 rings (SSSR count). The maximum absolute atomic E-state index is 14.0. The minimum absolute atomic E-state index is 0.0289. The summed E-state index contributed by atoms with van der Waals surface area (Å²) in [6.45, 7) is 9.25. The predicted octanol–water partition coefficient (Wildman–Crippen LogP) is 16.8. The Morgan fingerprint density at radius 3 is 0.746 bits per heavy atom. The van der Waals surface area contributed by atoms with Crippen LogP contribution < -0.4 is 0 Å². The summed E-state index contributed by atoms with van der Waals surface area (Å²) in [5, 5.41) is 0. The number of allylic oxidation sites excluding steroid dienone is 1. The number of nitrogens with zero attached hydrogens (tertiary/aromatic N) is 6. The molecular formula is C56H39F9N6. The molecule has 0 aliphatic heterocycles. The number of rotatable bonds is 6. The van der Waals surface area contributed by atoms with Gasteiger partial charge in [0, 0.05) is 33.4 Å². The lowest BCUT2D eigenvalue weighted by atomic mass is 9.93. The predicted molar refractivity (Wildman–Crippen MR) is 261 cm³/mol. The SMILES string of the molecule is C=CC.CC.FC(F)(F)c1ccc2nc(-c3cc(-c4nc5ccc(C(F)(F)F)cc5nc4-c4ccccc4)cc(-c4nc5ccc(C(F)(F)F)cc5nc4-c4ccccc4)c3)c(-c3ccccc3)nc2c1. The van der Waals surface area contributed by atoms with Gasteiger partial charge in [0.1, 0.15) is 0 Å². The molecule has 0 N–H and O–H groups in total. The summed E-state index contributed by atoms with van der Waals surface area (Å²) in [5.74, 6) is 0. The Balaban J connectivity index is 0.00000130. The van der Waals surface area contributed by atoms with E-state index in [9.17, 15) is 39.5 Å². The van der Waals surface area contributed by atoms with Gasteiger partial charge < -0.3 is 0 Å². The Kier molecular flexibility index (Phi) is 13.8. The van der Waals surface area contributed by atoms with Crippen LogP contribution in [-0.4, -0.2) is 29.9 Å². The van der Waals surface area contributed by atoms with Crippen LogP contribution in [0.25, 0.3) is 101 Å². The number of benzene rings is 7. The fourth-order valence-corrected chi connectivity index (χ4v) is 7.73. The van der Waals surface area contributed by atoms with Gasteiger partial charge in [0.15, 0.2) is 0 Å². The van der Waals surface area contributed by atoms with Crippen LogP contribution in [0.2, 0.25) is 0 Å². The lowest BCUT2D eigenvalue weighted by Gasteiger charge is -2.17. The second-order valence-electron chi connectivity index (χ2n) is 15.7. The number of fused-ring (bicyclic) bond motifs is 3. The van der Waals surface area contributed by atoms with E-state index in [0.717, 1.165) is 36.4 Å². The van der Waals surface area contributed by atoms with Gasteiger partial charge in [-0.05, 0) is 79.7 Å². The molecule has 0 bridgehead atoms. The van der Waals surface area contributed by atoms with Crippen molar-refractivity contribution < 1.29 is 39.5 Å². The van der Waals surface area contributed by atoms with E-state index in [2.05, 4.69) is 6.58 Å². The molecule has 0 amide bonds. The number of hydrogen-bond donors (Lipinski definition) is 0. The van der Waals surface area contributed by atoms with Crippen LogP contribution in [0.3, 0.4) is 0 Å². The average molecular weight is 967 g/mol. The monoisotopic (exact) mass is 966 g/mol. The van der Waals surface area contributed by atoms with Crippen molar-refractivity contribution >= 4 is 33.1 Å². The summed E-state index contributed by atoms with van der Waals surface area (Å²) in [5.41, 5.74) is 1.50. The molecule has 0 aliphatic rings. The number of halogens is 9. The summed E-state index contributed by atoms with van der Waals surface area (Å²) in [6, 6.07) is 40.4. The molecule has 3 aromatic heterocycles. The van der Waals surface area contributed by atoms with Crippen LogP contribution in [0.15, 0.2) is 176 Å². The highest BCUT2D eigenvalue weighted by molar-refractivity contribution is 5.95. The highest BCUT2D eigenvalue weighted by atomic mass is 19.4. The lowest BCUT2D eigenvalue weighted by Crippen LogP contribution is -2.06. The molecular weight excluding hydrogens is 928 g/mol. The molecule has 0 atom stereocenters. The van der Waals surface area contributed by atoms with Crippen LogP contribution in [0, 0.1) is 0 Å². The molecule has 0 saturated carbocycles. The van der Waals surface area contributed by atoms with E-state index in [4.69, 9.17) is 29.9 Å². The van der Waals surface area contributed by atoms with Crippen LogP contribution in [0.4, 0.5) is 39.5 Å². The van der Waals surface area contributed by atoms with Gasteiger partial charge in [-0.25, -0.2) is 29.9 Å². The third-order valence-corrected chi connectivity index (χ3v) is 10.9. The van der Waals surface area contributed by atoms with E-state index < -0.39 is 35.2 Å². The summed E-state index contributed by atoms with van der Waals surface area (Å²) < 4.78 is 126. The van der Waals surface area contributed by atoms with Crippen LogP contribution in [0.1, 0.15) is 37.5 Å². The molecule has 71 heavy (non-hydrogen) atoms. The molecule has 0 fully saturated rings. The van der Waals surface area contributed by atoms with Crippen LogP contribution in [-0.2, 0) is 18.5 Å². The van der Waals surface area contributed by atoms with Crippen molar-refractivity contribution in [3.8, 4) is 67.5 Å². The van der Waals surface area contributed by atoms with Crippen molar-refractivity contribution in [2.75, 3.05) is 0 Å². The first-order valence-corrected chi connectivity index (χ1v) is 22.0. The molecule has 0 spiro atoms. The number of hydrogen-bond acceptors (Lipinski definition) is 6.